The minimum Gasteiger partial charge on any atom is -0.465 e. The molecule has 0 spiro atoms. The molecular formula is C11H18O3S. The van der Waals surface area contributed by atoms with Crippen LogP contribution < -0.4 is 0 Å². The fraction of sp³-hybridized carbons (Fsp3) is 0.636. The standard InChI is InChI=1S/C11H18O3S/c1-2-10-3-4-11(14-10)8-15-6-5-9(13)7-12/h3-4,9,12-13H,2,5-8H2,1H3. The fourth-order valence-corrected chi connectivity index (χ4v) is 2.11. The van der Waals surface area contributed by atoms with Gasteiger partial charge in [0.25, 0.3) is 0 Å². The predicted octanol–water partition coefficient (Wildman–Crippen LogP) is 1.82. The molecule has 1 aromatic rings. The summed E-state index contributed by atoms with van der Waals surface area (Å²) in [6.45, 7) is 1.91. The number of hydrogen-bond acceptors (Lipinski definition) is 4. The molecule has 1 heterocycles. The lowest BCUT2D eigenvalue weighted by atomic mass is 10.3. The van der Waals surface area contributed by atoms with Crippen LogP contribution in [-0.4, -0.2) is 28.7 Å². The monoisotopic (exact) mass is 230 g/mol. The number of rotatable bonds is 7. The summed E-state index contributed by atoms with van der Waals surface area (Å²) in [4.78, 5) is 0. The van der Waals surface area contributed by atoms with Crippen LogP contribution in [-0.2, 0) is 12.2 Å². The molecule has 3 nitrogen and oxygen atoms in total. The zero-order valence-electron chi connectivity index (χ0n) is 8.98. The normalized spacial score (nSPS) is 13.0. The first-order valence-corrected chi connectivity index (χ1v) is 6.36. The van der Waals surface area contributed by atoms with Crippen molar-refractivity contribution in [1.29, 1.82) is 0 Å². The van der Waals surface area contributed by atoms with Crippen LogP contribution >= 0.6 is 11.8 Å². The summed E-state index contributed by atoms with van der Waals surface area (Å²) in [5.74, 6) is 3.67. The maximum absolute atomic E-state index is 9.11. The molecule has 1 aromatic heterocycles. The van der Waals surface area contributed by atoms with E-state index in [1.807, 2.05) is 12.1 Å². The summed E-state index contributed by atoms with van der Waals surface area (Å²) in [5.41, 5.74) is 0. The molecular weight excluding hydrogens is 212 g/mol. The van der Waals surface area contributed by atoms with Gasteiger partial charge in [0.15, 0.2) is 0 Å². The minimum absolute atomic E-state index is 0.151. The molecule has 0 bridgehead atoms. The van der Waals surface area contributed by atoms with Crippen molar-refractivity contribution in [2.24, 2.45) is 0 Å². The molecule has 0 saturated carbocycles. The van der Waals surface area contributed by atoms with Crippen LogP contribution in [0.25, 0.3) is 0 Å². The van der Waals surface area contributed by atoms with Gasteiger partial charge in [-0.05, 0) is 24.3 Å². The van der Waals surface area contributed by atoms with Gasteiger partial charge in [0.05, 0.1) is 18.5 Å². The van der Waals surface area contributed by atoms with E-state index in [4.69, 9.17) is 14.6 Å². The molecule has 1 unspecified atom stereocenters. The molecule has 0 aliphatic rings. The lowest BCUT2D eigenvalue weighted by molar-refractivity contribution is 0.0932. The van der Waals surface area contributed by atoms with E-state index in [2.05, 4.69) is 6.92 Å². The predicted molar refractivity (Wildman–Crippen MR) is 62.0 cm³/mol. The first-order chi connectivity index (χ1) is 7.26. The van der Waals surface area contributed by atoms with Crippen molar-refractivity contribution in [3.63, 3.8) is 0 Å². The second-order valence-corrected chi connectivity index (χ2v) is 4.50. The lowest BCUT2D eigenvalue weighted by Gasteiger charge is -2.05. The molecule has 0 radical (unpaired) electrons. The Balaban J connectivity index is 2.14. The van der Waals surface area contributed by atoms with E-state index in [0.29, 0.717) is 6.42 Å². The van der Waals surface area contributed by atoms with Crippen molar-refractivity contribution in [3.8, 4) is 0 Å². The van der Waals surface area contributed by atoms with Gasteiger partial charge in [-0.2, -0.15) is 11.8 Å². The molecule has 0 fully saturated rings. The number of hydrogen-bond donors (Lipinski definition) is 2. The van der Waals surface area contributed by atoms with Crippen LogP contribution in [0.4, 0.5) is 0 Å². The Bertz CT molecular complexity index is 273. The zero-order chi connectivity index (χ0) is 11.1. The average Bonchev–Trinajstić information content (AvgIpc) is 2.72. The molecule has 0 aliphatic carbocycles. The third-order valence-electron chi connectivity index (χ3n) is 2.12. The van der Waals surface area contributed by atoms with Crippen molar-refractivity contribution in [3.05, 3.63) is 23.7 Å². The highest BCUT2D eigenvalue weighted by Gasteiger charge is 2.03. The SMILES string of the molecule is CCc1ccc(CSCCC(O)CO)o1. The van der Waals surface area contributed by atoms with Gasteiger partial charge in [-0.15, -0.1) is 0 Å². The minimum atomic E-state index is -0.583. The van der Waals surface area contributed by atoms with Crippen LogP contribution in [0.2, 0.25) is 0 Å². The van der Waals surface area contributed by atoms with E-state index >= 15 is 0 Å². The Labute approximate surface area is 94.5 Å². The van der Waals surface area contributed by atoms with E-state index in [-0.39, 0.29) is 6.61 Å². The Hall–Kier alpha value is -0.450. The summed E-state index contributed by atoms with van der Waals surface area (Å²) in [6, 6.07) is 3.99. The van der Waals surface area contributed by atoms with E-state index in [0.717, 1.165) is 29.4 Å². The van der Waals surface area contributed by atoms with Gasteiger partial charge in [0.1, 0.15) is 11.5 Å². The van der Waals surface area contributed by atoms with E-state index < -0.39 is 6.10 Å². The third-order valence-corrected chi connectivity index (χ3v) is 3.13. The van der Waals surface area contributed by atoms with Crippen LogP contribution in [0.1, 0.15) is 24.9 Å². The number of furan rings is 1. The van der Waals surface area contributed by atoms with Gasteiger partial charge in [-0.25, -0.2) is 0 Å². The molecule has 0 amide bonds. The van der Waals surface area contributed by atoms with Crippen molar-refractivity contribution in [1.82, 2.24) is 0 Å². The molecule has 1 atom stereocenters. The van der Waals surface area contributed by atoms with E-state index in [1.54, 1.807) is 11.8 Å². The summed E-state index contributed by atoms with van der Waals surface area (Å²) >= 11 is 1.71. The number of thioether (sulfide) groups is 1. The van der Waals surface area contributed by atoms with Crippen LogP contribution in [0, 0.1) is 0 Å². The molecule has 15 heavy (non-hydrogen) atoms. The van der Waals surface area contributed by atoms with Crippen molar-refractivity contribution in [2.45, 2.75) is 31.6 Å². The first kappa shape index (κ1) is 12.6. The highest BCUT2D eigenvalue weighted by atomic mass is 32.2. The van der Waals surface area contributed by atoms with Crippen LogP contribution in [0.5, 0.6) is 0 Å². The molecule has 0 saturated heterocycles. The van der Waals surface area contributed by atoms with Crippen LogP contribution in [0.3, 0.4) is 0 Å². The van der Waals surface area contributed by atoms with Gasteiger partial charge in [-0.3, -0.25) is 0 Å². The second-order valence-electron chi connectivity index (χ2n) is 3.40. The molecule has 1 rings (SSSR count). The Morgan fingerprint density at radius 3 is 2.73 bits per heavy atom. The smallest absolute Gasteiger partial charge is 0.114 e. The Morgan fingerprint density at radius 2 is 2.13 bits per heavy atom. The van der Waals surface area contributed by atoms with Crippen molar-refractivity contribution < 1.29 is 14.6 Å². The molecule has 86 valence electrons. The van der Waals surface area contributed by atoms with Crippen LogP contribution in [0.15, 0.2) is 16.5 Å². The number of aliphatic hydroxyl groups is 2. The lowest BCUT2D eigenvalue weighted by Crippen LogP contribution is -2.12. The Morgan fingerprint density at radius 1 is 1.40 bits per heavy atom. The zero-order valence-corrected chi connectivity index (χ0v) is 9.80. The molecule has 4 heteroatoms. The summed E-state index contributed by atoms with van der Waals surface area (Å²) in [6.07, 6.45) is 0.969. The summed E-state index contributed by atoms with van der Waals surface area (Å²) in [7, 11) is 0. The topological polar surface area (TPSA) is 53.6 Å². The fourth-order valence-electron chi connectivity index (χ4n) is 1.17. The molecule has 0 aliphatic heterocycles. The highest BCUT2D eigenvalue weighted by molar-refractivity contribution is 7.98. The third kappa shape index (κ3) is 4.73. The maximum Gasteiger partial charge on any atom is 0.114 e. The molecule has 2 N–H and O–H groups in total. The Kier molecular flexibility index (Phi) is 5.83. The summed E-state index contributed by atoms with van der Waals surface area (Å²) in [5, 5.41) is 17.7. The van der Waals surface area contributed by atoms with Gasteiger partial charge >= 0.3 is 0 Å². The summed E-state index contributed by atoms with van der Waals surface area (Å²) < 4.78 is 5.53. The van der Waals surface area contributed by atoms with Crippen molar-refractivity contribution in [2.75, 3.05) is 12.4 Å². The second kappa shape index (κ2) is 6.93. The largest absolute Gasteiger partial charge is 0.465 e. The highest BCUT2D eigenvalue weighted by Crippen LogP contribution is 2.16. The first-order valence-electron chi connectivity index (χ1n) is 5.20. The maximum atomic E-state index is 9.11. The van der Waals surface area contributed by atoms with Gasteiger partial charge in [0.2, 0.25) is 0 Å². The molecule has 0 aromatic carbocycles. The van der Waals surface area contributed by atoms with Gasteiger partial charge in [-0.1, -0.05) is 6.92 Å². The van der Waals surface area contributed by atoms with Gasteiger partial charge < -0.3 is 14.6 Å². The number of aliphatic hydroxyl groups excluding tert-OH is 2. The van der Waals surface area contributed by atoms with E-state index in [9.17, 15) is 0 Å². The quantitative estimate of drug-likeness (QED) is 0.702. The average molecular weight is 230 g/mol. The number of aryl methyl sites for hydroxylation is 1. The van der Waals surface area contributed by atoms with Crippen molar-refractivity contribution >= 4 is 11.8 Å². The van der Waals surface area contributed by atoms with E-state index in [1.165, 1.54) is 0 Å². The van der Waals surface area contributed by atoms with Gasteiger partial charge in [0, 0.05) is 6.42 Å².